The van der Waals surface area contributed by atoms with Crippen molar-refractivity contribution in [2.24, 2.45) is 5.41 Å². The van der Waals surface area contributed by atoms with Crippen LogP contribution in [0, 0.1) is 12.3 Å². The molecule has 1 aromatic heterocycles. The largest absolute Gasteiger partial charge is 0.493 e. The van der Waals surface area contributed by atoms with Crippen LogP contribution < -0.4 is 4.74 Å². The number of benzene rings is 2. The molecule has 3 heterocycles. The number of aryl methyl sites for hydroxylation is 1. The second-order valence-electron chi connectivity index (χ2n) is 10.7. The summed E-state index contributed by atoms with van der Waals surface area (Å²) in [7, 11) is 0. The first-order valence-electron chi connectivity index (χ1n) is 13.5. The summed E-state index contributed by atoms with van der Waals surface area (Å²) in [5.74, 6) is 0.992. The van der Waals surface area contributed by atoms with Crippen molar-refractivity contribution in [3.05, 3.63) is 82.6 Å². The number of halogens is 1. The first kappa shape index (κ1) is 26.7. The molecule has 1 amide bonds. The Morgan fingerprint density at radius 3 is 2.68 bits per heavy atom. The second-order valence-corrected chi connectivity index (χ2v) is 11.1. The van der Waals surface area contributed by atoms with Crippen LogP contribution in [0.3, 0.4) is 0 Å². The van der Waals surface area contributed by atoms with Gasteiger partial charge in [0.1, 0.15) is 5.75 Å². The first-order valence-corrected chi connectivity index (χ1v) is 13.9. The van der Waals surface area contributed by atoms with Gasteiger partial charge < -0.3 is 14.4 Å². The third-order valence-corrected chi connectivity index (χ3v) is 8.01. The molecule has 2 fully saturated rings. The molecule has 7 nitrogen and oxygen atoms in total. The topological polar surface area (TPSA) is 59.8 Å². The predicted octanol–water partition coefficient (Wildman–Crippen LogP) is 4.80. The molecule has 5 rings (SSSR count). The molecular weight excluding hydrogens is 500 g/mol. The quantitative estimate of drug-likeness (QED) is 0.393. The van der Waals surface area contributed by atoms with E-state index in [1.165, 1.54) is 11.1 Å². The summed E-state index contributed by atoms with van der Waals surface area (Å²) in [6, 6.07) is 16.1. The molecule has 0 spiro atoms. The molecule has 2 saturated heterocycles. The lowest BCUT2D eigenvalue weighted by Crippen LogP contribution is -2.50. The molecule has 202 valence electrons. The van der Waals surface area contributed by atoms with E-state index in [0.717, 1.165) is 55.4 Å². The monoisotopic (exact) mass is 536 g/mol. The van der Waals surface area contributed by atoms with E-state index >= 15 is 0 Å². The zero-order valence-corrected chi connectivity index (χ0v) is 22.9. The summed E-state index contributed by atoms with van der Waals surface area (Å²) in [4.78, 5) is 17.8. The molecule has 8 heteroatoms. The molecular formula is C30H37ClN4O3. The number of aromatic nitrogens is 2. The maximum atomic E-state index is 13.4. The molecule has 2 aromatic carbocycles. The molecule has 0 N–H and O–H groups in total. The van der Waals surface area contributed by atoms with Gasteiger partial charge in [0, 0.05) is 54.8 Å². The minimum Gasteiger partial charge on any atom is -0.493 e. The summed E-state index contributed by atoms with van der Waals surface area (Å²) in [5, 5.41) is 5.32. The number of carbonyl (C=O) groups is 1. The summed E-state index contributed by atoms with van der Waals surface area (Å²) < 4.78 is 13.8. The Morgan fingerprint density at radius 1 is 1.08 bits per heavy atom. The van der Waals surface area contributed by atoms with Gasteiger partial charge in [0.25, 0.3) is 0 Å². The average Bonchev–Trinajstić information content (AvgIpc) is 3.37. The molecule has 0 aliphatic carbocycles. The highest BCUT2D eigenvalue weighted by molar-refractivity contribution is 6.31. The third kappa shape index (κ3) is 6.95. The summed E-state index contributed by atoms with van der Waals surface area (Å²) >= 11 is 6.23. The number of nitrogens with zero attached hydrogens (tertiary/aromatic N) is 4. The summed E-state index contributed by atoms with van der Waals surface area (Å²) in [6.45, 7) is 8.39. The van der Waals surface area contributed by atoms with Gasteiger partial charge in [0.15, 0.2) is 0 Å². The maximum absolute atomic E-state index is 13.4. The molecule has 0 bridgehead atoms. The Labute approximate surface area is 230 Å². The van der Waals surface area contributed by atoms with Crippen molar-refractivity contribution < 1.29 is 14.3 Å². The Bertz CT molecular complexity index is 1210. The number of likely N-dealkylation sites (tertiary alicyclic amines) is 1. The predicted molar refractivity (Wildman–Crippen MR) is 148 cm³/mol. The average molecular weight is 537 g/mol. The standard InChI is InChI=1S/C30H37ClN4O3/c1-24-16-27(8-9-28(24)31)38-23-30(17-29(36)34-12-14-37-15-13-34)10-5-11-33(22-30)19-26-18-32-35(21-26)20-25-6-3-2-4-7-25/h2-4,6-9,16,18,21H,5,10-15,17,19-20,22-23H2,1H3. The molecule has 2 aliphatic rings. The van der Waals surface area contributed by atoms with E-state index in [0.29, 0.717) is 39.3 Å². The van der Waals surface area contributed by atoms with Crippen molar-refractivity contribution in [1.82, 2.24) is 19.6 Å². The Balaban J connectivity index is 1.28. The number of hydrogen-bond donors (Lipinski definition) is 0. The van der Waals surface area contributed by atoms with E-state index in [1.54, 1.807) is 0 Å². The summed E-state index contributed by atoms with van der Waals surface area (Å²) in [5.41, 5.74) is 3.14. The molecule has 2 aliphatic heterocycles. The molecule has 1 unspecified atom stereocenters. The van der Waals surface area contributed by atoms with E-state index in [4.69, 9.17) is 21.1 Å². The number of piperidine rings is 1. The van der Waals surface area contributed by atoms with E-state index in [2.05, 4.69) is 40.5 Å². The van der Waals surface area contributed by atoms with Crippen LogP contribution in [0.4, 0.5) is 0 Å². The number of rotatable bonds is 9. The van der Waals surface area contributed by atoms with E-state index in [9.17, 15) is 4.79 Å². The fourth-order valence-corrected chi connectivity index (χ4v) is 5.67. The third-order valence-electron chi connectivity index (χ3n) is 7.59. The highest BCUT2D eigenvalue weighted by atomic mass is 35.5. The number of carbonyl (C=O) groups excluding carboxylic acids is 1. The van der Waals surface area contributed by atoms with E-state index in [1.807, 2.05) is 47.0 Å². The van der Waals surface area contributed by atoms with Gasteiger partial charge in [-0.05, 0) is 55.6 Å². The number of hydrogen-bond acceptors (Lipinski definition) is 5. The highest BCUT2D eigenvalue weighted by Crippen LogP contribution is 2.36. The molecule has 3 aromatic rings. The zero-order valence-electron chi connectivity index (χ0n) is 22.2. The van der Waals surface area contributed by atoms with Crippen molar-refractivity contribution in [1.29, 1.82) is 0 Å². The van der Waals surface area contributed by atoms with Crippen LogP contribution in [0.5, 0.6) is 5.75 Å². The van der Waals surface area contributed by atoms with Crippen LogP contribution in [-0.4, -0.2) is 71.5 Å². The van der Waals surface area contributed by atoms with Gasteiger partial charge in [-0.1, -0.05) is 41.9 Å². The molecule has 0 saturated carbocycles. The SMILES string of the molecule is Cc1cc(OCC2(CC(=O)N3CCOCC3)CCCN(Cc3cnn(Cc4ccccc4)c3)C2)ccc1Cl. The lowest BCUT2D eigenvalue weighted by molar-refractivity contribution is -0.139. The minimum atomic E-state index is -0.263. The van der Waals surface area contributed by atoms with Crippen molar-refractivity contribution in [2.75, 3.05) is 46.0 Å². The Hall–Kier alpha value is -2.87. The van der Waals surface area contributed by atoms with Gasteiger partial charge in [-0.15, -0.1) is 0 Å². The van der Waals surface area contributed by atoms with Gasteiger partial charge >= 0.3 is 0 Å². The maximum Gasteiger partial charge on any atom is 0.223 e. The van der Waals surface area contributed by atoms with Gasteiger partial charge in [0.05, 0.1) is 32.6 Å². The van der Waals surface area contributed by atoms with Crippen molar-refractivity contribution in [3.63, 3.8) is 0 Å². The fourth-order valence-electron chi connectivity index (χ4n) is 5.55. The number of amides is 1. The van der Waals surface area contributed by atoms with Crippen LogP contribution in [0.2, 0.25) is 5.02 Å². The van der Waals surface area contributed by atoms with Crippen molar-refractivity contribution >= 4 is 17.5 Å². The molecule has 38 heavy (non-hydrogen) atoms. The van der Waals surface area contributed by atoms with E-state index in [-0.39, 0.29) is 11.3 Å². The Morgan fingerprint density at radius 2 is 1.89 bits per heavy atom. The lowest BCUT2D eigenvalue weighted by atomic mass is 9.77. The van der Waals surface area contributed by atoms with Crippen LogP contribution in [0.25, 0.3) is 0 Å². The van der Waals surface area contributed by atoms with Crippen molar-refractivity contribution in [3.8, 4) is 5.75 Å². The van der Waals surface area contributed by atoms with Crippen molar-refractivity contribution in [2.45, 2.75) is 39.3 Å². The normalized spacial score (nSPS) is 20.4. The summed E-state index contributed by atoms with van der Waals surface area (Å²) in [6.07, 6.45) is 6.56. The lowest BCUT2D eigenvalue weighted by Gasteiger charge is -2.43. The van der Waals surface area contributed by atoms with Gasteiger partial charge in [-0.2, -0.15) is 5.10 Å². The molecule has 0 radical (unpaired) electrons. The fraction of sp³-hybridized carbons (Fsp3) is 0.467. The van der Waals surface area contributed by atoms with Gasteiger partial charge in [-0.25, -0.2) is 0 Å². The van der Waals surface area contributed by atoms with Crippen LogP contribution in [-0.2, 0) is 22.6 Å². The van der Waals surface area contributed by atoms with Crippen LogP contribution in [0.1, 0.15) is 36.0 Å². The van der Waals surface area contributed by atoms with E-state index < -0.39 is 0 Å². The van der Waals surface area contributed by atoms with Crippen LogP contribution in [0.15, 0.2) is 60.9 Å². The zero-order chi connectivity index (χ0) is 26.4. The number of morpholine rings is 1. The smallest absolute Gasteiger partial charge is 0.223 e. The molecule has 1 atom stereocenters. The number of ether oxygens (including phenoxy) is 2. The van der Waals surface area contributed by atoms with Gasteiger partial charge in [-0.3, -0.25) is 14.4 Å². The van der Waals surface area contributed by atoms with Gasteiger partial charge in [0.2, 0.25) is 5.91 Å². The Kier molecular flexibility index (Phi) is 8.67. The first-order chi connectivity index (χ1) is 18.5. The minimum absolute atomic E-state index is 0.196. The second kappa shape index (κ2) is 12.3. The van der Waals surface area contributed by atoms with Crippen LogP contribution >= 0.6 is 11.6 Å². The highest BCUT2D eigenvalue weighted by Gasteiger charge is 2.39.